The van der Waals surface area contributed by atoms with Gasteiger partial charge in [0.05, 0.1) is 16.5 Å². The lowest BCUT2D eigenvalue weighted by molar-refractivity contribution is -0.143. The Morgan fingerprint density at radius 3 is 2.50 bits per heavy atom. The van der Waals surface area contributed by atoms with Gasteiger partial charge < -0.3 is 5.11 Å². The largest absolute Gasteiger partial charge is 0.480 e. The summed E-state index contributed by atoms with van der Waals surface area (Å²) in [5.41, 5.74) is -0.836. The van der Waals surface area contributed by atoms with Gasteiger partial charge in [-0.25, -0.2) is 8.42 Å². The molecule has 0 bridgehead atoms. The maximum Gasteiger partial charge on any atom is 0.324 e. The summed E-state index contributed by atoms with van der Waals surface area (Å²) in [4.78, 5) is 11.1. The summed E-state index contributed by atoms with van der Waals surface area (Å²) in [5.74, 6) is -1.24. The Kier molecular flexibility index (Phi) is 4.53. The van der Waals surface area contributed by atoms with Gasteiger partial charge in [-0.2, -0.15) is 9.98 Å². The molecule has 1 rings (SSSR count). The maximum absolute atomic E-state index is 12.3. The third kappa shape index (κ3) is 3.15. The average Bonchev–Trinajstić information content (AvgIpc) is 2.37. The first-order valence-corrected chi connectivity index (χ1v) is 7.42. The first kappa shape index (κ1) is 16.1. The topological polar surface area (TPSA) is 107 Å². The fourth-order valence-electron chi connectivity index (χ4n) is 1.64. The van der Waals surface area contributed by atoms with Crippen molar-refractivity contribution in [2.45, 2.75) is 37.6 Å². The van der Waals surface area contributed by atoms with Gasteiger partial charge in [-0.05, 0) is 44.0 Å². The number of carboxylic acid groups (broad SMARTS) is 1. The first-order chi connectivity index (χ1) is 9.16. The van der Waals surface area contributed by atoms with Gasteiger partial charge in [-0.1, -0.05) is 6.92 Å². The molecule has 1 unspecified atom stereocenters. The molecule has 0 amide bonds. The molecule has 0 saturated heterocycles. The van der Waals surface area contributed by atoms with E-state index in [0.29, 0.717) is 11.1 Å². The van der Waals surface area contributed by atoms with Gasteiger partial charge in [0.1, 0.15) is 5.54 Å². The van der Waals surface area contributed by atoms with Gasteiger partial charge in [0, 0.05) is 0 Å². The van der Waals surface area contributed by atoms with E-state index < -0.39 is 21.5 Å². The van der Waals surface area contributed by atoms with Crippen LogP contribution in [0.3, 0.4) is 0 Å². The predicted octanol–water partition coefficient (Wildman–Crippen LogP) is 1.40. The summed E-state index contributed by atoms with van der Waals surface area (Å²) in [6, 6.07) is 6.04. The average molecular weight is 296 g/mol. The van der Waals surface area contributed by atoms with Crippen LogP contribution in [0.4, 0.5) is 0 Å². The number of hydrogen-bond donors (Lipinski definition) is 2. The molecule has 0 aliphatic heterocycles. The fraction of sp³-hybridized carbons (Fsp3) is 0.385. The van der Waals surface area contributed by atoms with Crippen molar-refractivity contribution < 1.29 is 18.3 Å². The summed E-state index contributed by atoms with van der Waals surface area (Å²) >= 11 is 0. The normalized spacial score (nSPS) is 14.3. The van der Waals surface area contributed by atoms with Crippen LogP contribution in [0.15, 0.2) is 23.1 Å². The Morgan fingerprint density at radius 1 is 1.50 bits per heavy atom. The molecule has 0 fully saturated rings. The highest BCUT2D eigenvalue weighted by Gasteiger charge is 2.36. The summed E-state index contributed by atoms with van der Waals surface area (Å²) < 4.78 is 26.8. The van der Waals surface area contributed by atoms with Crippen LogP contribution in [0.5, 0.6) is 0 Å². The van der Waals surface area contributed by atoms with Crippen LogP contribution < -0.4 is 4.72 Å². The number of hydrogen-bond acceptors (Lipinski definition) is 4. The fourth-order valence-corrected chi connectivity index (χ4v) is 3.30. The highest BCUT2D eigenvalue weighted by atomic mass is 32.2. The summed E-state index contributed by atoms with van der Waals surface area (Å²) in [7, 11) is -3.97. The Labute approximate surface area is 118 Å². The quantitative estimate of drug-likeness (QED) is 0.854. The van der Waals surface area contributed by atoms with E-state index in [0.717, 1.165) is 0 Å². The third-order valence-electron chi connectivity index (χ3n) is 3.13. The number of benzene rings is 1. The van der Waals surface area contributed by atoms with Crippen molar-refractivity contribution in [1.29, 1.82) is 5.26 Å². The lowest BCUT2D eigenvalue weighted by atomic mass is 10.0. The zero-order chi connectivity index (χ0) is 15.6. The van der Waals surface area contributed by atoms with Crippen molar-refractivity contribution in [3.63, 3.8) is 0 Å². The standard InChI is InChI=1S/C13H16N2O4S/c1-4-13(3,12(16)17)15-20(18,19)11-6-5-10(8-14)7-9(11)2/h5-7,15H,4H2,1-3H3,(H,16,17). The molecule has 0 heterocycles. The number of nitriles is 1. The van der Waals surface area contributed by atoms with Crippen molar-refractivity contribution in [3.8, 4) is 6.07 Å². The molecule has 0 spiro atoms. The molecule has 1 aromatic carbocycles. The molecule has 7 heteroatoms. The minimum absolute atomic E-state index is 0.0302. The van der Waals surface area contributed by atoms with Gasteiger partial charge >= 0.3 is 5.97 Å². The van der Waals surface area contributed by atoms with E-state index in [1.165, 1.54) is 25.1 Å². The number of aryl methyl sites for hydroxylation is 1. The van der Waals surface area contributed by atoms with Crippen LogP contribution in [0.1, 0.15) is 31.4 Å². The lowest BCUT2D eigenvalue weighted by Gasteiger charge is -2.24. The van der Waals surface area contributed by atoms with Gasteiger partial charge in [-0.3, -0.25) is 4.79 Å². The van der Waals surface area contributed by atoms with Gasteiger partial charge in [0.25, 0.3) is 0 Å². The Balaban J connectivity index is 3.25. The molecule has 20 heavy (non-hydrogen) atoms. The molecule has 6 nitrogen and oxygen atoms in total. The molecule has 0 aromatic heterocycles. The molecule has 0 aliphatic carbocycles. The lowest BCUT2D eigenvalue weighted by Crippen LogP contribution is -2.51. The minimum Gasteiger partial charge on any atom is -0.480 e. The molecule has 2 N–H and O–H groups in total. The smallest absolute Gasteiger partial charge is 0.324 e. The van der Waals surface area contributed by atoms with E-state index in [2.05, 4.69) is 4.72 Å². The van der Waals surface area contributed by atoms with Crippen molar-refractivity contribution in [3.05, 3.63) is 29.3 Å². The summed E-state index contributed by atoms with van der Waals surface area (Å²) in [5, 5.41) is 17.9. The molecule has 0 saturated carbocycles. The van der Waals surface area contributed by atoms with E-state index in [4.69, 9.17) is 10.4 Å². The summed E-state index contributed by atoms with van der Waals surface area (Å²) in [6.45, 7) is 4.45. The van der Waals surface area contributed by atoms with E-state index in [1.807, 2.05) is 6.07 Å². The molecule has 1 atom stereocenters. The Hall–Kier alpha value is -1.91. The van der Waals surface area contributed by atoms with Crippen LogP contribution in [-0.2, 0) is 14.8 Å². The van der Waals surface area contributed by atoms with Gasteiger partial charge in [0.2, 0.25) is 10.0 Å². The monoisotopic (exact) mass is 296 g/mol. The van der Waals surface area contributed by atoms with E-state index >= 15 is 0 Å². The number of carboxylic acids is 1. The molecular weight excluding hydrogens is 280 g/mol. The molecule has 0 radical (unpaired) electrons. The van der Waals surface area contributed by atoms with Crippen molar-refractivity contribution in [1.82, 2.24) is 4.72 Å². The van der Waals surface area contributed by atoms with E-state index in [9.17, 15) is 13.2 Å². The van der Waals surface area contributed by atoms with E-state index in [-0.39, 0.29) is 11.3 Å². The molecule has 0 aliphatic rings. The van der Waals surface area contributed by atoms with Crippen LogP contribution in [-0.4, -0.2) is 25.0 Å². The summed E-state index contributed by atoms with van der Waals surface area (Å²) in [6.07, 6.45) is 0.108. The van der Waals surface area contributed by atoms with Crippen LogP contribution in [0, 0.1) is 18.3 Å². The number of carbonyl (C=O) groups is 1. The van der Waals surface area contributed by atoms with Crippen LogP contribution in [0.25, 0.3) is 0 Å². The van der Waals surface area contributed by atoms with Crippen LogP contribution >= 0.6 is 0 Å². The zero-order valence-corrected chi connectivity index (χ0v) is 12.3. The number of rotatable bonds is 5. The number of aliphatic carboxylic acids is 1. The Bertz CT molecular complexity index is 676. The van der Waals surface area contributed by atoms with E-state index in [1.54, 1.807) is 13.8 Å². The highest BCUT2D eigenvalue weighted by molar-refractivity contribution is 7.89. The third-order valence-corrected chi connectivity index (χ3v) is 4.89. The predicted molar refractivity (Wildman–Crippen MR) is 72.5 cm³/mol. The number of nitrogens with one attached hydrogen (secondary N) is 1. The van der Waals surface area contributed by atoms with Gasteiger partial charge in [0.15, 0.2) is 0 Å². The Morgan fingerprint density at radius 2 is 2.10 bits per heavy atom. The van der Waals surface area contributed by atoms with Crippen molar-refractivity contribution in [2.24, 2.45) is 0 Å². The molecule has 1 aromatic rings. The number of sulfonamides is 1. The second-order valence-electron chi connectivity index (χ2n) is 4.69. The van der Waals surface area contributed by atoms with Gasteiger partial charge in [-0.15, -0.1) is 0 Å². The highest BCUT2D eigenvalue weighted by Crippen LogP contribution is 2.20. The minimum atomic E-state index is -3.97. The van der Waals surface area contributed by atoms with Crippen molar-refractivity contribution in [2.75, 3.05) is 0 Å². The SMILES string of the molecule is CCC(C)(NS(=O)(=O)c1ccc(C#N)cc1C)C(=O)O. The van der Waals surface area contributed by atoms with Crippen LogP contribution in [0.2, 0.25) is 0 Å². The second kappa shape index (κ2) is 5.61. The zero-order valence-electron chi connectivity index (χ0n) is 11.5. The molecular formula is C13H16N2O4S. The second-order valence-corrected chi connectivity index (χ2v) is 6.34. The molecule has 108 valence electrons. The maximum atomic E-state index is 12.3. The first-order valence-electron chi connectivity index (χ1n) is 5.94. The number of nitrogens with zero attached hydrogens (tertiary/aromatic N) is 1. The van der Waals surface area contributed by atoms with Crippen molar-refractivity contribution >= 4 is 16.0 Å².